The number of aliphatic carboxylic acids is 1. The molecule has 15 heavy (non-hydrogen) atoms. The van der Waals surface area contributed by atoms with Crippen LogP contribution < -0.4 is 5.32 Å². The maximum absolute atomic E-state index is 11.3. The highest BCUT2D eigenvalue weighted by atomic mass is 16.5. The lowest BCUT2D eigenvalue weighted by Crippen LogP contribution is -2.36. The van der Waals surface area contributed by atoms with Gasteiger partial charge in [-0.2, -0.15) is 0 Å². The molecule has 1 rings (SSSR count). The molecule has 0 aromatic heterocycles. The van der Waals surface area contributed by atoms with Gasteiger partial charge in [0.25, 0.3) is 0 Å². The van der Waals surface area contributed by atoms with Crippen LogP contribution in [0, 0.1) is 5.92 Å². The Balaban J connectivity index is 2.10. The zero-order valence-corrected chi connectivity index (χ0v) is 8.86. The van der Waals surface area contributed by atoms with Crippen molar-refractivity contribution in [2.45, 2.75) is 32.2 Å². The molecule has 0 radical (unpaired) electrons. The maximum atomic E-state index is 11.3. The van der Waals surface area contributed by atoms with Crippen molar-refractivity contribution in [1.82, 2.24) is 5.32 Å². The average Bonchev–Trinajstić information content (AvgIpc) is 2.50. The second-order valence-electron chi connectivity index (χ2n) is 4.07. The zero-order chi connectivity index (χ0) is 11.3. The minimum atomic E-state index is -1.06. The lowest BCUT2D eigenvalue weighted by molar-refractivity contribution is -0.143. The first-order chi connectivity index (χ1) is 7.08. The average molecular weight is 215 g/mol. The van der Waals surface area contributed by atoms with E-state index in [0.29, 0.717) is 5.92 Å². The van der Waals surface area contributed by atoms with E-state index in [4.69, 9.17) is 5.11 Å². The summed E-state index contributed by atoms with van der Waals surface area (Å²) in [4.78, 5) is 21.4. The van der Waals surface area contributed by atoms with Gasteiger partial charge >= 0.3 is 5.97 Å². The van der Waals surface area contributed by atoms with E-state index in [1.54, 1.807) is 0 Å². The summed E-state index contributed by atoms with van der Waals surface area (Å²) in [5, 5.41) is 11.1. The molecule has 1 fully saturated rings. The number of ether oxygens (including phenoxy) is 1. The molecule has 0 bridgehead atoms. The molecule has 0 aromatic carbocycles. The Morgan fingerprint density at radius 2 is 2.13 bits per heavy atom. The molecule has 2 N–H and O–H groups in total. The number of carboxylic acid groups (broad SMARTS) is 1. The number of carbonyl (C=O) groups is 2. The molecule has 1 saturated carbocycles. The van der Waals surface area contributed by atoms with Crippen molar-refractivity contribution >= 4 is 11.9 Å². The van der Waals surface area contributed by atoms with E-state index < -0.39 is 12.6 Å². The van der Waals surface area contributed by atoms with Crippen LogP contribution in [0.2, 0.25) is 0 Å². The third-order valence-corrected chi connectivity index (χ3v) is 2.52. The van der Waals surface area contributed by atoms with Gasteiger partial charge in [0.2, 0.25) is 5.91 Å². The molecule has 0 spiro atoms. The van der Waals surface area contributed by atoms with Crippen LogP contribution in [-0.2, 0) is 14.3 Å². The summed E-state index contributed by atoms with van der Waals surface area (Å²) >= 11 is 0. The molecule has 5 nitrogen and oxygen atoms in total. The summed E-state index contributed by atoms with van der Waals surface area (Å²) in [6.45, 7) is 1.57. The van der Waals surface area contributed by atoms with Crippen LogP contribution in [0.25, 0.3) is 0 Å². The van der Waals surface area contributed by atoms with Gasteiger partial charge in [-0.05, 0) is 25.2 Å². The van der Waals surface area contributed by atoms with E-state index in [9.17, 15) is 9.59 Å². The van der Waals surface area contributed by atoms with Crippen molar-refractivity contribution in [3.05, 3.63) is 0 Å². The normalized spacial score (nSPS) is 25.1. The molecule has 0 aliphatic heterocycles. The Morgan fingerprint density at radius 1 is 1.40 bits per heavy atom. The molecule has 2 atom stereocenters. The lowest BCUT2D eigenvalue weighted by atomic mass is 10.1. The highest BCUT2D eigenvalue weighted by Crippen LogP contribution is 2.24. The first-order valence-electron chi connectivity index (χ1n) is 5.17. The first kappa shape index (κ1) is 12.0. The van der Waals surface area contributed by atoms with Crippen molar-refractivity contribution in [2.24, 2.45) is 5.92 Å². The van der Waals surface area contributed by atoms with Gasteiger partial charge in [0.1, 0.15) is 13.2 Å². The second-order valence-corrected chi connectivity index (χ2v) is 4.07. The van der Waals surface area contributed by atoms with E-state index in [2.05, 4.69) is 17.0 Å². The Bertz CT molecular complexity index is 242. The van der Waals surface area contributed by atoms with E-state index in [0.717, 1.165) is 19.3 Å². The van der Waals surface area contributed by atoms with Gasteiger partial charge in [-0.1, -0.05) is 6.92 Å². The summed E-state index contributed by atoms with van der Waals surface area (Å²) in [5.74, 6) is -0.622. The molecule has 1 amide bonds. The highest BCUT2D eigenvalue weighted by Gasteiger charge is 2.22. The van der Waals surface area contributed by atoms with Gasteiger partial charge in [0.15, 0.2) is 0 Å². The summed E-state index contributed by atoms with van der Waals surface area (Å²) in [6, 6.07) is 0.237. The number of hydrogen-bond acceptors (Lipinski definition) is 3. The van der Waals surface area contributed by atoms with Crippen molar-refractivity contribution in [3.8, 4) is 0 Å². The standard InChI is InChI=1S/C10H17NO4/c1-7-2-3-8(4-7)11-9(12)5-15-6-10(13)14/h7-8H,2-6H2,1H3,(H,11,12)(H,13,14). The van der Waals surface area contributed by atoms with Crippen LogP contribution >= 0.6 is 0 Å². The summed E-state index contributed by atoms with van der Waals surface area (Å²) in [7, 11) is 0. The molecule has 0 aromatic rings. The van der Waals surface area contributed by atoms with Gasteiger partial charge in [-0.3, -0.25) is 4.79 Å². The van der Waals surface area contributed by atoms with Crippen LogP contribution in [0.5, 0.6) is 0 Å². The van der Waals surface area contributed by atoms with Crippen LogP contribution in [-0.4, -0.2) is 36.2 Å². The zero-order valence-electron chi connectivity index (χ0n) is 8.86. The van der Waals surface area contributed by atoms with Crippen LogP contribution in [0.15, 0.2) is 0 Å². The third kappa shape index (κ3) is 4.78. The minimum Gasteiger partial charge on any atom is -0.480 e. The Kier molecular flexibility index (Phi) is 4.55. The number of carbonyl (C=O) groups excluding carboxylic acids is 1. The molecule has 1 aliphatic rings. The molecule has 5 heteroatoms. The van der Waals surface area contributed by atoms with Crippen molar-refractivity contribution in [1.29, 1.82) is 0 Å². The molecular formula is C10H17NO4. The summed E-state index contributed by atoms with van der Waals surface area (Å²) < 4.78 is 4.68. The molecule has 0 saturated heterocycles. The van der Waals surface area contributed by atoms with Crippen LogP contribution in [0.3, 0.4) is 0 Å². The van der Waals surface area contributed by atoms with Crippen molar-refractivity contribution in [2.75, 3.05) is 13.2 Å². The van der Waals surface area contributed by atoms with Gasteiger partial charge in [0, 0.05) is 6.04 Å². The topological polar surface area (TPSA) is 75.6 Å². The number of hydrogen-bond donors (Lipinski definition) is 2. The number of amides is 1. The lowest BCUT2D eigenvalue weighted by Gasteiger charge is -2.11. The predicted octanol–water partition coefficient (Wildman–Crippen LogP) is 0.392. The fourth-order valence-corrected chi connectivity index (χ4v) is 1.84. The van der Waals surface area contributed by atoms with Crippen molar-refractivity contribution in [3.63, 3.8) is 0 Å². The highest BCUT2D eigenvalue weighted by molar-refractivity contribution is 5.78. The number of rotatable bonds is 5. The molecule has 0 heterocycles. The smallest absolute Gasteiger partial charge is 0.329 e. The van der Waals surface area contributed by atoms with Gasteiger partial charge < -0.3 is 15.2 Å². The fourth-order valence-electron chi connectivity index (χ4n) is 1.84. The van der Waals surface area contributed by atoms with Gasteiger partial charge in [-0.15, -0.1) is 0 Å². The third-order valence-electron chi connectivity index (χ3n) is 2.52. The van der Waals surface area contributed by atoms with Gasteiger partial charge in [0.05, 0.1) is 0 Å². The number of nitrogens with one attached hydrogen (secondary N) is 1. The largest absolute Gasteiger partial charge is 0.480 e. The monoisotopic (exact) mass is 215 g/mol. The Hall–Kier alpha value is -1.10. The molecule has 1 aliphatic carbocycles. The molecule has 86 valence electrons. The number of carboxylic acids is 1. The van der Waals surface area contributed by atoms with E-state index in [1.807, 2.05) is 0 Å². The van der Waals surface area contributed by atoms with E-state index in [1.165, 1.54) is 0 Å². The minimum absolute atomic E-state index is 0.169. The molecule has 2 unspecified atom stereocenters. The van der Waals surface area contributed by atoms with E-state index >= 15 is 0 Å². The summed E-state index contributed by atoms with van der Waals surface area (Å²) in [6.07, 6.45) is 3.15. The molecular weight excluding hydrogens is 198 g/mol. The Labute approximate surface area is 88.8 Å². The van der Waals surface area contributed by atoms with Crippen molar-refractivity contribution < 1.29 is 19.4 Å². The second kappa shape index (κ2) is 5.70. The Morgan fingerprint density at radius 3 is 2.67 bits per heavy atom. The fraction of sp³-hybridized carbons (Fsp3) is 0.800. The van der Waals surface area contributed by atoms with E-state index in [-0.39, 0.29) is 18.6 Å². The summed E-state index contributed by atoms with van der Waals surface area (Å²) in [5.41, 5.74) is 0. The predicted molar refractivity (Wildman–Crippen MR) is 53.4 cm³/mol. The SMILES string of the molecule is CC1CCC(NC(=O)COCC(=O)O)C1. The van der Waals surface area contributed by atoms with Crippen LogP contribution in [0.4, 0.5) is 0 Å². The van der Waals surface area contributed by atoms with Gasteiger partial charge in [-0.25, -0.2) is 4.79 Å². The quantitative estimate of drug-likeness (QED) is 0.695. The maximum Gasteiger partial charge on any atom is 0.329 e. The first-order valence-corrected chi connectivity index (χ1v) is 5.17. The van der Waals surface area contributed by atoms with Crippen LogP contribution in [0.1, 0.15) is 26.2 Å².